The number of aliphatic hydroxyl groups is 2. The van der Waals surface area contributed by atoms with Gasteiger partial charge >= 0.3 is 0 Å². The minimum absolute atomic E-state index is 0.108. The van der Waals surface area contributed by atoms with Gasteiger partial charge in [0.1, 0.15) is 0 Å². The second kappa shape index (κ2) is 9.20. The van der Waals surface area contributed by atoms with E-state index < -0.39 is 0 Å². The number of nitrogens with one attached hydrogen (secondary N) is 1. The third-order valence-electron chi connectivity index (χ3n) is 3.53. The third-order valence-corrected chi connectivity index (χ3v) is 3.53. The van der Waals surface area contributed by atoms with E-state index in [1.165, 1.54) is 11.1 Å². The second-order valence-electron chi connectivity index (χ2n) is 5.26. The molecule has 0 aliphatic carbocycles. The van der Waals surface area contributed by atoms with Crippen molar-refractivity contribution in [3.05, 3.63) is 65.7 Å². The summed E-state index contributed by atoms with van der Waals surface area (Å²) in [5, 5.41) is 21.5. The van der Waals surface area contributed by atoms with E-state index >= 15 is 0 Å². The lowest BCUT2D eigenvalue weighted by Crippen LogP contribution is -2.29. The molecule has 0 spiro atoms. The SMILES string of the molecule is OCCN(CCO)Cc1ccc(NCc2ccccc2)cc1. The van der Waals surface area contributed by atoms with Gasteiger partial charge in [0.15, 0.2) is 0 Å². The van der Waals surface area contributed by atoms with E-state index in [9.17, 15) is 0 Å². The molecule has 3 N–H and O–H groups in total. The first-order valence-electron chi connectivity index (χ1n) is 7.62. The van der Waals surface area contributed by atoms with Crippen molar-refractivity contribution in [2.45, 2.75) is 13.1 Å². The van der Waals surface area contributed by atoms with Crippen LogP contribution in [-0.4, -0.2) is 41.4 Å². The van der Waals surface area contributed by atoms with Crippen LogP contribution in [0.5, 0.6) is 0 Å². The zero-order valence-corrected chi connectivity index (χ0v) is 12.8. The van der Waals surface area contributed by atoms with E-state index in [2.05, 4.69) is 41.7 Å². The fourth-order valence-electron chi connectivity index (χ4n) is 2.34. The van der Waals surface area contributed by atoms with Gasteiger partial charge in [-0.05, 0) is 23.3 Å². The number of anilines is 1. The molecule has 2 aromatic carbocycles. The van der Waals surface area contributed by atoms with Gasteiger partial charge < -0.3 is 15.5 Å². The highest BCUT2D eigenvalue weighted by molar-refractivity contribution is 5.45. The molecule has 0 saturated carbocycles. The van der Waals surface area contributed by atoms with Crippen LogP contribution in [0.4, 0.5) is 5.69 Å². The van der Waals surface area contributed by atoms with Crippen LogP contribution in [0.1, 0.15) is 11.1 Å². The van der Waals surface area contributed by atoms with Crippen molar-refractivity contribution in [3.63, 3.8) is 0 Å². The Morgan fingerprint density at radius 2 is 1.41 bits per heavy atom. The Bertz CT molecular complexity index is 523. The highest BCUT2D eigenvalue weighted by Gasteiger charge is 2.04. The van der Waals surface area contributed by atoms with E-state index in [1.807, 2.05) is 23.1 Å². The van der Waals surface area contributed by atoms with Crippen LogP contribution in [0, 0.1) is 0 Å². The second-order valence-corrected chi connectivity index (χ2v) is 5.26. The summed E-state index contributed by atoms with van der Waals surface area (Å²) in [4.78, 5) is 2.03. The van der Waals surface area contributed by atoms with Crippen LogP contribution in [0.3, 0.4) is 0 Å². The number of rotatable bonds is 9. The maximum absolute atomic E-state index is 9.03. The fraction of sp³-hybridized carbons (Fsp3) is 0.333. The summed E-state index contributed by atoms with van der Waals surface area (Å²) in [6.45, 7) is 2.91. The summed E-state index contributed by atoms with van der Waals surface area (Å²) in [5.74, 6) is 0. The Kier molecular flexibility index (Phi) is 6.90. The Morgan fingerprint density at radius 3 is 2.00 bits per heavy atom. The highest BCUT2D eigenvalue weighted by atomic mass is 16.3. The van der Waals surface area contributed by atoms with Crippen LogP contribution >= 0.6 is 0 Å². The third kappa shape index (κ3) is 5.48. The number of hydrogen-bond acceptors (Lipinski definition) is 4. The Morgan fingerprint density at radius 1 is 0.773 bits per heavy atom. The first-order chi connectivity index (χ1) is 10.8. The van der Waals surface area contributed by atoms with Crippen molar-refractivity contribution < 1.29 is 10.2 Å². The van der Waals surface area contributed by atoms with E-state index in [0.29, 0.717) is 13.1 Å². The van der Waals surface area contributed by atoms with Crippen LogP contribution in [0.15, 0.2) is 54.6 Å². The molecule has 2 rings (SSSR count). The van der Waals surface area contributed by atoms with Gasteiger partial charge in [0, 0.05) is 31.9 Å². The largest absolute Gasteiger partial charge is 0.395 e. The van der Waals surface area contributed by atoms with Gasteiger partial charge in [-0.15, -0.1) is 0 Å². The molecule has 0 saturated heterocycles. The van der Waals surface area contributed by atoms with E-state index in [4.69, 9.17) is 10.2 Å². The molecule has 0 aliphatic heterocycles. The first-order valence-corrected chi connectivity index (χ1v) is 7.62. The molecule has 4 nitrogen and oxygen atoms in total. The van der Waals surface area contributed by atoms with Gasteiger partial charge in [0.05, 0.1) is 13.2 Å². The Hall–Kier alpha value is -1.88. The molecule has 0 heterocycles. The summed E-state index contributed by atoms with van der Waals surface area (Å²) in [6, 6.07) is 18.6. The molecule has 0 atom stereocenters. The highest BCUT2D eigenvalue weighted by Crippen LogP contribution is 2.13. The number of aliphatic hydroxyl groups excluding tert-OH is 2. The van der Waals surface area contributed by atoms with Gasteiger partial charge in [-0.25, -0.2) is 0 Å². The van der Waals surface area contributed by atoms with Crippen LogP contribution in [-0.2, 0) is 13.1 Å². The lowest BCUT2D eigenvalue weighted by atomic mass is 10.1. The summed E-state index contributed by atoms with van der Waals surface area (Å²) in [5.41, 5.74) is 3.51. The van der Waals surface area contributed by atoms with Crippen LogP contribution in [0.2, 0.25) is 0 Å². The molecule has 0 fully saturated rings. The number of benzene rings is 2. The topological polar surface area (TPSA) is 55.7 Å². The normalized spacial score (nSPS) is 10.9. The molecule has 0 bridgehead atoms. The molecule has 0 radical (unpaired) electrons. The smallest absolute Gasteiger partial charge is 0.0558 e. The predicted molar refractivity (Wildman–Crippen MR) is 89.7 cm³/mol. The first kappa shape index (κ1) is 16.5. The number of hydrogen-bond donors (Lipinski definition) is 3. The molecular formula is C18H24N2O2. The zero-order chi connectivity index (χ0) is 15.6. The van der Waals surface area contributed by atoms with Gasteiger partial charge in [-0.1, -0.05) is 42.5 Å². The molecule has 0 aromatic heterocycles. The van der Waals surface area contributed by atoms with Crippen molar-refractivity contribution in [1.29, 1.82) is 0 Å². The van der Waals surface area contributed by atoms with E-state index in [0.717, 1.165) is 18.8 Å². The van der Waals surface area contributed by atoms with Crippen molar-refractivity contribution in [3.8, 4) is 0 Å². The molecule has 22 heavy (non-hydrogen) atoms. The van der Waals surface area contributed by atoms with Crippen LogP contribution in [0.25, 0.3) is 0 Å². The molecule has 2 aromatic rings. The summed E-state index contributed by atoms with van der Waals surface area (Å²) in [7, 11) is 0. The lowest BCUT2D eigenvalue weighted by Gasteiger charge is -2.20. The average molecular weight is 300 g/mol. The summed E-state index contributed by atoms with van der Waals surface area (Å²) < 4.78 is 0. The van der Waals surface area contributed by atoms with Crippen molar-refractivity contribution in [2.75, 3.05) is 31.6 Å². The molecule has 4 heteroatoms. The van der Waals surface area contributed by atoms with Crippen molar-refractivity contribution in [1.82, 2.24) is 4.90 Å². The monoisotopic (exact) mass is 300 g/mol. The quantitative estimate of drug-likeness (QED) is 0.664. The minimum Gasteiger partial charge on any atom is -0.395 e. The molecule has 0 amide bonds. The summed E-state index contributed by atoms with van der Waals surface area (Å²) in [6.07, 6.45) is 0. The van der Waals surface area contributed by atoms with Gasteiger partial charge in [0.2, 0.25) is 0 Å². The van der Waals surface area contributed by atoms with Gasteiger partial charge in [0.25, 0.3) is 0 Å². The van der Waals surface area contributed by atoms with Gasteiger partial charge in [-0.2, -0.15) is 0 Å². The van der Waals surface area contributed by atoms with Gasteiger partial charge in [-0.3, -0.25) is 4.90 Å². The number of nitrogens with zero attached hydrogens (tertiary/aromatic N) is 1. The fourth-order valence-corrected chi connectivity index (χ4v) is 2.34. The van der Waals surface area contributed by atoms with Crippen molar-refractivity contribution in [2.24, 2.45) is 0 Å². The van der Waals surface area contributed by atoms with Crippen LogP contribution < -0.4 is 5.32 Å². The maximum atomic E-state index is 9.03. The molecular weight excluding hydrogens is 276 g/mol. The predicted octanol–water partition coefficient (Wildman–Crippen LogP) is 2.09. The van der Waals surface area contributed by atoms with E-state index in [1.54, 1.807) is 0 Å². The minimum atomic E-state index is 0.108. The standard InChI is InChI=1S/C18H24N2O2/c21-12-10-20(11-13-22)15-17-6-8-18(9-7-17)19-14-16-4-2-1-3-5-16/h1-9,19,21-22H,10-15H2. The summed E-state index contributed by atoms with van der Waals surface area (Å²) >= 11 is 0. The maximum Gasteiger partial charge on any atom is 0.0558 e. The van der Waals surface area contributed by atoms with Crippen molar-refractivity contribution >= 4 is 5.69 Å². The molecule has 118 valence electrons. The van der Waals surface area contributed by atoms with E-state index in [-0.39, 0.29) is 13.2 Å². The Balaban J connectivity index is 1.86. The average Bonchev–Trinajstić information content (AvgIpc) is 2.56. The Labute approximate surface area is 132 Å². The lowest BCUT2D eigenvalue weighted by molar-refractivity contribution is 0.156. The zero-order valence-electron chi connectivity index (χ0n) is 12.8. The molecule has 0 unspecified atom stereocenters. The molecule has 0 aliphatic rings.